The second kappa shape index (κ2) is 12.0. The molecule has 7 nitrogen and oxygen atoms in total. The van der Waals surface area contributed by atoms with E-state index in [-0.39, 0.29) is 5.91 Å². The number of methoxy groups -OCH3 is 1. The molecule has 0 radical (unpaired) electrons. The smallest absolute Gasteiger partial charge is 0.241 e. The molecule has 1 aliphatic rings. The summed E-state index contributed by atoms with van der Waals surface area (Å²) in [6.45, 7) is 7.30. The minimum absolute atomic E-state index is 0.0865. The molecule has 2 aromatic carbocycles. The van der Waals surface area contributed by atoms with Crippen molar-refractivity contribution in [1.82, 2.24) is 10.3 Å². The van der Waals surface area contributed by atoms with Crippen LogP contribution in [0.4, 0.5) is 5.69 Å². The maximum atomic E-state index is 12.2. The Labute approximate surface area is 184 Å². The van der Waals surface area contributed by atoms with Crippen molar-refractivity contribution in [3.05, 3.63) is 54.1 Å². The first kappa shape index (κ1) is 22.6. The number of carbonyl (C=O) groups is 1. The fraction of sp³-hybridized carbons (Fsp3) is 0.417. The number of hydrazone groups is 1. The highest BCUT2D eigenvalue weighted by Crippen LogP contribution is 2.27. The summed E-state index contributed by atoms with van der Waals surface area (Å²) in [5, 5.41) is 4.08. The third-order valence-corrected chi connectivity index (χ3v) is 5.20. The highest BCUT2D eigenvalue weighted by atomic mass is 16.5. The predicted octanol–water partition coefficient (Wildman–Crippen LogP) is 3.15. The molecule has 0 aliphatic carbocycles. The number of ether oxygens (including phenoxy) is 2. The van der Waals surface area contributed by atoms with Gasteiger partial charge in [0, 0.05) is 44.8 Å². The topological polar surface area (TPSA) is 66.4 Å². The Morgan fingerprint density at radius 2 is 1.87 bits per heavy atom. The normalized spacial score (nSPS) is 14.6. The number of benzene rings is 2. The number of amides is 1. The van der Waals surface area contributed by atoms with Crippen molar-refractivity contribution in [1.29, 1.82) is 0 Å². The molecule has 2 aromatic rings. The van der Waals surface area contributed by atoms with Crippen LogP contribution in [0.25, 0.3) is 0 Å². The molecule has 166 valence electrons. The fourth-order valence-corrected chi connectivity index (χ4v) is 3.46. The quantitative estimate of drug-likeness (QED) is 0.469. The molecule has 0 atom stereocenters. The second-order valence-electron chi connectivity index (χ2n) is 7.47. The van der Waals surface area contributed by atoms with Crippen LogP contribution in [0.5, 0.6) is 11.5 Å². The van der Waals surface area contributed by atoms with Crippen molar-refractivity contribution >= 4 is 17.8 Å². The van der Waals surface area contributed by atoms with Crippen LogP contribution in [0, 0.1) is 0 Å². The zero-order valence-electron chi connectivity index (χ0n) is 18.4. The van der Waals surface area contributed by atoms with E-state index in [2.05, 4.69) is 51.5 Å². The first-order valence-corrected chi connectivity index (χ1v) is 10.8. The van der Waals surface area contributed by atoms with E-state index in [1.54, 1.807) is 13.3 Å². The van der Waals surface area contributed by atoms with E-state index in [0.29, 0.717) is 24.5 Å². The molecule has 0 saturated carbocycles. The Hall–Kier alpha value is -3.06. The number of carbonyl (C=O) groups excluding carboxylic acids is 1. The van der Waals surface area contributed by atoms with Gasteiger partial charge in [-0.3, -0.25) is 9.69 Å². The third-order valence-electron chi connectivity index (χ3n) is 5.20. The lowest BCUT2D eigenvalue weighted by molar-refractivity contribution is -0.121. The van der Waals surface area contributed by atoms with Gasteiger partial charge in [-0.25, -0.2) is 5.43 Å². The molecule has 1 fully saturated rings. The molecule has 31 heavy (non-hydrogen) atoms. The minimum atomic E-state index is -0.0865. The van der Waals surface area contributed by atoms with Gasteiger partial charge in [0.15, 0.2) is 11.5 Å². The van der Waals surface area contributed by atoms with Crippen molar-refractivity contribution in [2.24, 2.45) is 5.10 Å². The molecule has 1 aliphatic heterocycles. The van der Waals surface area contributed by atoms with Crippen LogP contribution in [-0.2, 0) is 4.79 Å². The van der Waals surface area contributed by atoms with E-state index < -0.39 is 0 Å². The molecule has 1 saturated heterocycles. The van der Waals surface area contributed by atoms with Gasteiger partial charge < -0.3 is 14.4 Å². The van der Waals surface area contributed by atoms with Gasteiger partial charge in [0.2, 0.25) is 5.91 Å². The average Bonchev–Trinajstić information content (AvgIpc) is 2.82. The summed E-state index contributed by atoms with van der Waals surface area (Å²) in [5.41, 5.74) is 4.70. The molecule has 1 heterocycles. The maximum Gasteiger partial charge on any atom is 0.241 e. The van der Waals surface area contributed by atoms with E-state index in [1.165, 1.54) is 5.69 Å². The van der Waals surface area contributed by atoms with Crippen LogP contribution < -0.4 is 19.8 Å². The highest BCUT2D eigenvalue weighted by Gasteiger charge is 2.17. The fourth-order valence-electron chi connectivity index (χ4n) is 3.46. The van der Waals surface area contributed by atoms with Gasteiger partial charge in [0.1, 0.15) is 0 Å². The summed E-state index contributed by atoms with van der Waals surface area (Å²) in [5.74, 6) is 1.27. The number of hydrogen-bond donors (Lipinski definition) is 1. The summed E-state index contributed by atoms with van der Waals surface area (Å²) < 4.78 is 11.0. The first-order chi connectivity index (χ1) is 15.2. The Morgan fingerprint density at radius 3 is 2.58 bits per heavy atom. The Kier molecular flexibility index (Phi) is 8.72. The minimum Gasteiger partial charge on any atom is -0.493 e. The molecular formula is C24H32N4O3. The van der Waals surface area contributed by atoms with Gasteiger partial charge in [-0.1, -0.05) is 25.1 Å². The number of hydrogen-bond acceptors (Lipinski definition) is 6. The lowest BCUT2D eigenvalue weighted by Crippen LogP contribution is -2.47. The molecule has 0 bridgehead atoms. The van der Waals surface area contributed by atoms with E-state index in [0.717, 1.165) is 44.7 Å². The van der Waals surface area contributed by atoms with Gasteiger partial charge in [-0.2, -0.15) is 5.10 Å². The van der Waals surface area contributed by atoms with Gasteiger partial charge in [0.05, 0.1) is 19.9 Å². The average molecular weight is 425 g/mol. The van der Waals surface area contributed by atoms with Crippen LogP contribution in [-0.4, -0.2) is 63.5 Å². The Morgan fingerprint density at radius 1 is 1.10 bits per heavy atom. The molecule has 0 aromatic heterocycles. The zero-order valence-corrected chi connectivity index (χ0v) is 18.4. The summed E-state index contributed by atoms with van der Waals surface area (Å²) in [4.78, 5) is 16.9. The molecular weight excluding hydrogens is 392 g/mol. The van der Waals surface area contributed by atoms with Crippen molar-refractivity contribution in [3.63, 3.8) is 0 Å². The number of piperazine rings is 1. The monoisotopic (exact) mass is 424 g/mol. The van der Waals surface area contributed by atoms with E-state index in [9.17, 15) is 4.79 Å². The van der Waals surface area contributed by atoms with E-state index in [1.807, 2.05) is 24.3 Å². The Balaban J connectivity index is 1.39. The molecule has 0 spiro atoms. The van der Waals surface area contributed by atoms with E-state index >= 15 is 0 Å². The first-order valence-electron chi connectivity index (χ1n) is 10.8. The standard InChI is InChI=1S/C24H32N4O3/c1-3-17-31-22-10-9-20(18-23(22)30-2)19-25-26-24(29)11-12-27-13-15-28(16-14-27)21-7-5-4-6-8-21/h4-10,18-19H,3,11-17H2,1-2H3,(H,26,29)/b25-19-. The van der Waals surface area contributed by atoms with Crippen LogP contribution in [0.15, 0.2) is 53.6 Å². The highest BCUT2D eigenvalue weighted by molar-refractivity contribution is 5.83. The second-order valence-corrected chi connectivity index (χ2v) is 7.47. The molecule has 3 rings (SSSR count). The Bertz CT molecular complexity index is 849. The molecule has 0 unspecified atom stereocenters. The summed E-state index contributed by atoms with van der Waals surface area (Å²) in [6.07, 6.45) is 2.97. The number of rotatable bonds is 10. The lowest BCUT2D eigenvalue weighted by atomic mass is 10.2. The summed E-state index contributed by atoms with van der Waals surface area (Å²) in [7, 11) is 1.61. The largest absolute Gasteiger partial charge is 0.493 e. The van der Waals surface area contributed by atoms with Gasteiger partial charge in [-0.15, -0.1) is 0 Å². The third kappa shape index (κ3) is 7.00. The number of nitrogens with one attached hydrogen (secondary N) is 1. The maximum absolute atomic E-state index is 12.2. The van der Waals surface area contributed by atoms with E-state index in [4.69, 9.17) is 9.47 Å². The molecule has 1 N–H and O–H groups in total. The number of anilines is 1. The van der Waals surface area contributed by atoms with Gasteiger partial charge in [-0.05, 0) is 42.3 Å². The predicted molar refractivity (Wildman–Crippen MR) is 124 cm³/mol. The van der Waals surface area contributed by atoms with Crippen molar-refractivity contribution in [2.45, 2.75) is 19.8 Å². The summed E-state index contributed by atoms with van der Waals surface area (Å²) in [6, 6.07) is 16.0. The molecule has 1 amide bonds. The SMILES string of the molecule is CCCOc1ccc(/C=N\NC(=O)CCN2CCN(c3ccccc3)CC2)cc1OC. The zero-order chi connectivity index (χ0) is 21.9. The lowest BCUT2D eigenvalue weighted by Gasteiger charge is -2.36. The van der Waals surface area contributed by atoms with Crippen LogP contribution in [0.3, 0.4) is 0 Å². The van der Waals surface area contributed by atoms with Crippen LogP contribution in [0.2, 0.25) is 0 Å². The number of nitrogens with zero attached hydrogens (tertiary/aromatic N) is 3. The van der Waals surface area contributed by atoms with Gasteiger partial charge in [0.25, 0.3) is 0 Å². The van der Waals surface area contributed by atoms with Crippen LogP contribution in [0.1, 0.15) is 25.3 Å². The molecule has 7 heteroatoms. The number of para-hydroxylation sites is 1. The van der Waals surface area contributed by atoms with Crippen molar-refractivity contribution in [3.8, 4) is 11.5 Å². The van der Waals surface area contributed by atoms with Gasteiger partial charge >= 0.3 is 0 Å². The van der Waals surface area contributed by atoms with Crippen molar-refractivity contribution in [2.75, 3.05) is 51.3 Å². The van der Waals surface area contributed by atoms with Crippen molar-refractivity contribution < 1.29 is 14.3 Å². The summed E-state index contributed by atoms with van der Waals surface area (Å²) >= 11 is 0. The van der Waals surface area contributed by atoms with Crippen LogP contribution >= 0.6 is 0 Å².